The molecule has 0 aromatic heterocycles. The van der Waals surface area contributed by atoms with Gasteiger partial charge >= 0.3 is 0 Å². The number of hydrogen-bond acceptors (Lipinski definition) is 2. The van der Waals surface area contributed by atoms with Crippen LogP contribution in [0.2, 0.25) is 0 Å². The van der Waals surface area contributed by atoms with Gasteiger partial charge in [-0.1, -0.05) is 19.8 Å². The fourth-order valence-electron chi connectivity index (χ4n) is 1.55. The van der Waals surface area contributed by atoms with Crippen molar-refractivity contribution in [1.29, 1.82) is 5.26 Å². The van der Waals surface area contributed by atoms with Gasteiger partial charge in [0.15, 0.2) is 0 Å². The predicted octanol–water partition coefficient (Wildman–Crippen LogP) is 2.98. The van der Waals surface area contributed by atoms with E-state index in [2.05, 4.69) is 12.2 Å². The number of nitrogens with one attached hydrogen (secondary N) is 1. The van der Waals surface area contributed by atoms with Crippen molar-refractivity contribution in [3.8, 4) is 6.07 Å². The van der Waals surface area contributed by atoms with Crippen molar-refractivity contribution in [2.75, 3.05) is 6.54 Å². The van der Waals surface area contributed by atoms with Crippen LogP contribution in [0.4, 0.5) is 4.39 Å². The molecular weight excluding hydrogens is 203 g/mol. The summed E-state index contributed by atoms with van der Waals surface area (Å²) in [6.45, 7) is 3.72. The van der Waals surface area contributed by atoms with E-state index in [-0.39, 0.29) is 5.82 Å². The molecule has 3 heteroatoms. The molecule has 0 radical (unpaired) electrons. The summed E-state index contributed by atoms with van der Waals surface area (Å²) in [4.78, 5) is 0. The smallest absolute Gasteiger partial charge is 0.124 e. The Morgan fingerprint density at radius 2 is 2.12 bits per heavy atom. The molecule has 0 saturated carbocycles. The molecule has 86 valence electrons. The third-order valence-corrected chi connectivity index (χ3v) is 2.37. The number of benzene rings is 1. The van der Waals surface area contributed by atoms with E-state index in [1.54, 1.807) is 6.07 Å². The summed E-state index contributed by atoms with van der Waals surface area (Å²) in [5.74, 6) is -0.343. The van der Waals surface area contributed by atoms with Gasteiger partial charge in [-0.3, -0.25) is 0 Å². The van der Waals surface area contributed by atoms with Crippen LogP contribution in [0, 0.1) is 17.1 Å². The van der Waals surface area contributed by atoms with Crippen LogP contribution in [0.25, 0.3) is 0 Å². The lowest BCUT2D eigenvalue weighted by Crippen LogP contribution is -2.14. The maximum Gasteiger partial charge on any atom is 0.124 e. The van der Waals surface area contributed by atoms with E-state index in [4.69, 9.17) is 5.26 Å². The molecule has 0 unspecified atom stereocenters. The largest absolute Gasteiger partial charge is 0.313 e. The minimum atomic E-state index is -0.343. The minimum absolute atomic E-state index is 0.343. The number of nitrogens with zero attached hydrogens (tertiary/aromatic N) is 1. The van der Waals surface area contributed by atoms with Gasteiger partial charge in [0.2, 0.25) is 0 Å². The average molecular weight is 220 g/mol. The van der Waals surface area contributed by atoms with Gasteiger partial charge in [-0.2, -0.15) is 5.26 Å². The van der Waals surface area contributed by atoms with Crippen molar-refractivity contribution in [1.82, 2.24) is 5.32 Å². The molecule has 0 fully saturated rings. The second-order valence-corrected chi connectivity index (χ2v) is 3.84. The second-order valence-electron chi connectivity index (χ2n) is 3.84. The number of nitriles is 1. The van der Waals surface area contributed by atoms with E-state index in [0.29, 0.717) is 12.1 Å². The molecule has 0 amide bonds. The molecule has 0 aliphatic heterocycles. The summed E-state index contributed by atoms with van der Waals surface area (Å²) < 4.78 is 13.1. The molecule has 1 rings (SSSR count). The van der Waals surface area contributed by atoms with Crippen LogP contribution < -0.4 is 5.32 Å². The first-order valence-electron chi connectivity index (χ1n) is 5.66. The first-order valence-corrected chi connectivity index (χ1v) is 5.66. The van der Waals surface area contributed by atoms with E-state index >= 15 is 0 Å². The topological polar surface area (TPSA) is 35.8 Å². The molecule has 2 nitrogen and oxygen atoms in total. The fourth-order valence-corrected chi connectivity index (χ4v) is 1.55. The standard InChI is InChI=1S/C13H17FN2/c1-2-3-4-5-16-10-12-6-11(9-15)7-13(14)8-12/h6-8,16H,2-5,10H2,1H3. The third-order valence-electron chi connectivity index (χ3n) is 2.37. The Morgan fingerprint density at radius 1 is 1.31 bits per heavy atom. The molecule has 0 spiro atoms. The van der Waals surface area contributed by atoms with Gasteiger partial charge in [0, 0.05) is 6.54 Å². The Hall–Kier alpha value is -1.40. The predicted molar refractivity (Wildman–Crippen MR) is 62.3 cm³/mol. The normalized spacial score (nSPS) is 10.1. The van der Waals surface area contributed by atoms with E-state index in [1.807, 2.05) is 6.07 Å². The highest BCUT2D eigenvalue weighted by atomic mass is 19.1. The van der Waals surface area contributed by atoms with Gasteiger partial charge in [-0.25, -0.2) is 4.39 Å². The van der Waals surface area contributed by atoms with Crippen LogP contribution in [0.1, 0.15) is 37.3 Å². The lowest BCUT2D eigenvalue weighted by molar-refractivity contribution is 0.604. The van der Waals surface area contributed by atoms with Gasteiger partial charge in [-0.05, 0) is 36.7 Å². The fraction of sp³-hybridized carbons (Fsp3) is 0.462. The Labute approximate surface area is 96.1 Å². The average Bonchev–Trinajstić information content (AvgIpc) is 2.28. The van der Waals surface area contributed by atoms with Gasteiger partial charge in [0.25, 0.3) is 0 Å². The van der Waals surface area contributed by atoms with Gasteiger partial charge in [0.05, 0.1) is 11.6 Å². The van der Waals surface area contributed by atoms with Crippen molar-refractivity contribution < 1.29 is 4.39 Å². The number of unbranched alkanes of at least 4 members (excludes halogenated alkanes) is 2. The van der Waals surface area contributed by atoms with Crippen molar-refractivity contribution in [3.63, 3.8) is 0 Å². The van der Waals surface area contributed by atoms with Gasteiger partial charge in [-0.15, -0.1) is 0 Å². The molecule has 0 aliphatic rings. The zero-order valence-electron chi connectivity index (χ0n) is 9.59. The quantitative estimate of drug-likeness (QED) is 0.748. The van der Waals surface area contributed by atoms with Crippen LogP contribution in [0.3, 0.4) is 0 Å². The maximum atomic E-state index is 13.1. The van der Waals surface area contributed by atoms with E-state index in [9.17, 15) is 4.39 Å². The zero-order valence-corrected chi connectivity index (χ0v) is 9.59. The van der Waals surface area contributed by atoms with Crippen molar-refractivity contribution in [2.24, 2.45) is 0 Å². The highest BCUT2D eigenvalue weighted by Gasteiger charge is 1.99. The highest BCUT2D eigenvalue weighted by Crippen LogP contribution is 2.08. The summed E-state index contributed by atoms with van der Waals surface area (Å²) in [5.41, 5.74) is 1.21. The first-order chi connectivity index (χ1) is 7.76. The Balaban J connectivity index is 2.42. The molecule has 16 heavy (non-hydrogen) atoms. The van der Waals surface area contributed by atoms with Crippen molar-refractivity contribution >= 4 is 0 Å². The van der Waals surface area contributed by atoms with Crippen LogP contribution >= 0.6 is 0 Å². The van der Waals surface area contributed by atoms with Gasteiger partial charge < -0.3 is 5.32 Å². The second kappa shape index (κ2) is 6.97. The number of hydrogen-bond donors (Lipinski definition) is 1. The molecule has 1 aromatic carbocycles. The molecular formula is C13H17FN2. The Morgan fingerprint density at radius 3 is 2.81 bits per heavy atom. The van der Waals surface area contributed by atoms with E-state index < -0.39 is 0 Å². The molecule has 1 aromatic rings. The van der Waals surface area contributed by atoms with Gasteiger partial charge in [0.1, 0.15) is 5.82 Å². The van der Waals surface area contributed by atoms with Crippen molar-refractivity contribution in [3.05, 3.63) is 35.1 Å². The van der Waals surface area contributed by atoms with E-state index in [0.717, 1.165) is 18.5 Å². The van der Waals surface area contributed by atoms with E-state index in [1.165, 1.54) is 25.0 Å². The molecule has 0 saturated heterocycles. The molecule has 0 heterocycles. The molecule has 0 aliphatic carbocycles. The summed E-state index contributed by atoms with van der Waals surface area (Å²) in [5, 5.41) is 11.9. The Kier molecular flexibility index (Phi) is 5.52. The lowest BCUT2D eigenvalue weighted by atomic mass is 10.1. The lowest BCUT2D eigenvalue weighted by Gasteiger charge is -2.05. The summed E-state index contributed by atoms with van der Waals surface area (Å²) in [6.07, 6.45) is 3.54. The molecule has 0 atom stereocenters. The maximum absolute atomic E-state index is 13.1. The van der Waals surface area contributed by atoms with Crippen LogP contribution in [-0.2, 0) is 6.54 Å². The summed E-state index contributed by atoms with van der Waals surface area (Å²) in [6, 6.07) is 6.39. The summed E-state index contributed by atoms with van der Waals surface area (Å²) in [7, 11) is 0. The van der Waals surface area contributed by atoms with Crippen LogP contribution in [0.5, 0.6) is 0 Å². The van der Waals surface area contributed by atoms with Crippen molar-refractivity contribution in [2.45, 2.75) is 32.7 Å². The highest BCUT2D eigenvalue weighted by molar-refractivity contribution is 5.33. The molecule has 0 bridgehead atoms. The van der Waals surface area contributed by atoms with Crippen LogP contribution in [0.15, 0.2) is 18.2 Å². The summed E-state index contributed by atoms with van der Waals surface area (Å²) >= 11 is 0. The number of halogens is 1. The SMILES string of the molecule is CCCCCNCc1cc(F)cc(C#N)c1. The first kappa shape index (κ1) is 12.7. The zero-order chi connectivity index (χ0) is 11.8. The van der Waals surface area contributed by atoms with Crippen LogP contribution in [-0.4, -0.2) is 6.54 Å². The number of rotatable bonds is 6. The Bertz CT molecular complexity index is 369. The molecule has 1 N–H and O–H groups in total. The third kappa shape index (κ3) is 4.41. The monoisotopic (exact) mass is 220 g/mol. The minimum Gasteiger partial charge on any atom is -0.313 e.